The Balaban J connectivity index is 2.64. The average Bonchev–Trinajstić information content (AvgIpc) is 2.08. The highest BCUT2D eigenvalue weighted by atomic mass is 79.9. The third kappa shape index (κ3) is 4.11. The predicted octanol–water partition coefficient (Wildman–Crippen LogP) is 4.33. The minimum atomic E-state index is 0.461. The van der Waals surface area contributed by atoms with Gasteiger partial charge in [0.15, 0.2) is 0 Å². The summed E-state index contributed by atoms with van der Waals surface area (Å²) in [6.45, 7) is 6.97. The van der Waals surface area contributed by atoms with Crippen LogP contribution >= 0.6 is 24.5 Å². The molecule has 0 nitrogen and oxygen atoms in total. The van der Waals surface area contributed by atoms with Crippen molar-refractivity contribution in [3.05, 3.63) is 28.7 Å². The van der Waals surface area contributed by atoms with E-state index in [1.807, 2.05) is 0 Å². The van der Waals surface area contributed by atoms with Gasteiger partial charge in [-0.05, 0) is 29.0 Å². The fourth-order valence-electron chi connectivity index (χ4n) is 1.61. The second kappa shape index (κ2) is 5.28. The van der Waals surface area contributed by atoms with Gasteiger partial charge in [-0.3, -0.25) is 0 Å². The number of hydrogen-bond acceptors (Lipinski definition) is 0. The molecule has 0 amide bonds. The minimum absolute atomic E-state index is 0.461. The van der Waals surface area contributed by atoms with Crippen molar-refractivity contribution >= 4 is 29.8 Å². The van der Waals surface area contributed by atoms with E-state index >= 15 is 0 Å². The molecule has 1 atom stereocenters. The zero-order chi connectivity index (χ0) is 10.6. The van der Waals surface area contributed by atoms with Crippen LogP contribution in [0.2, 0.25) is 0 Å². The Bertz CT molecular complexity index is 277. The van der Waals surface area contributed by atoms with Crippen molar-refractivity contribution in [1.29, 1.82) is 0 Å². The van der Waals surface area contributed by atoms with Crippen LogP contribution in [0.4, 0.5) is 0 Å². The van der Waals surface area contributed by atoms with Crippen molar-refractivity contribution in [2.75, 3.05) is 0 Å². The van der Waals surface area contributed by atoms with Gasteiger partial charge in [0.25, 0.3) is 0 Å². The van der Waals surface area contributed by atoms with Gasteiger partial charge >= 0.3 is 0 Å². The largest absolute Gasteiger partial charge is 0.0846 e. The fourth-order valence-corrected chi connectivity index (χ4v) is 3.37. The van der Waals surface area contributed by atoms with Crippen LogP contribution in [-0.4, -0.2) is 5.16 Å². The van der Waals surface area contributed by atoms with Crippen LogP contribution in [0.3, 0.4) is 0 Å². The Hall–Kier alpha value is 0.130. The summed E-state index contributed by atoms with van der Waals surface area (Å²) in [6, 6.07) is 8.70. The van der Waals surface area contributed by atoms with E-state index in [1.54, 1.807) is 0 Å². The summed E-state index contributed by atoms with van der Waals surface area (Å²) < 4.78 is 1.17. The second-order valence-electron chi connectivity index (χ2n) is 4.27. The van der Waals surface area contributed by atoms with E-state index < -0.39 is 0 Å². The summed E-state index contributed by atoms with van der Waals surface area (Å²) in [4.78, 5) is 0. The zero-order valence-electron chi connectivity index (χ0n) is 9.10. The number of benzene rings is 1. The molecule has 1 rings (SSSR count). The highest BCUT2D eigenvalue weighted by Gasteiger charge is 2.16. The molecule has 0 spiro atoms. The maximum Gasteiger partial charge on any atom is 0.0175 e. The molecule has 0 radical (unpaired) electrons. The van der Waals surface area contributed by atoms with Crippen LogP contribution < -0.4 is 5.30 Å². The molecule has 1 aromatic carbocycles. The number of hydrogen-bond donors (Lipinski definition) is 0. The standard InChI is InChI=1S/C12H18BrP/c1-4-9-12(2,3)14-11-7-5-10(13)6-8-11/h5-8,14H,4,9H2,1-3H3. The van der Waals surface area contributed by atoms with Crippen LogP contribution in [0, 0.1) is 0 Å². The Labute approximate surface area is 97.4 Å². The maximum absolute atomic E-state index is 3.46. The van der Waals surface area contributed by atoms with E-state index in [2.05, 4.69) is 61.0 Å². The molecule has 14 heavy (non-hydrogen) atoms. The van der Waals surface area contributed by atoms with Gasteiger partial charge in [0.05, 0.1) is 0 Å². The lowest BCUT2D eigenvalue weighted by Gasteiger charge is -2.24. The van der Waals surface area contributed by atoms with Gasteiger partial charge in [0.1, 0.15) is 0 Å². The average molecular weight is 273 g/mol. The van der Waals surface area contributed by atoms with Gasteiger partial charge in [0, 0.05) is 4.47 Å². The molecule has 0 heterocycles. The molecule has 0 saturated heterocycles. The fraction of sp³-hybridized carbons (Fsp3) is 0.500. The Morgan fingerprint density at radius 3 is 2.29 bits per heavy atom. The first-order valence-corrected chi connectivity index (χ1v) is 6.86. The predicted molar refractivity (Wildman–Crippen MR) is 71.1 cm³/mol. The number of halogens is 1. The maximum atomic E-state index is 3.46. The molecule has 0 aliphatic heterocycles. The molecule has 2 heteroatoms. The minimum Gasteiger partial charge on any atom is -0.0846 e. The first-order valence-electron chi connectivity index (χ1n) is 5.07. The molecule has 0 aromatic heterocycles. The zero-order valence-corrected chi connectivity index (χ0v) is 11.7. The molecule has 1 aromatic rings. The molecule has 0 N–H and O–H groups in total. The Morgan fingerprint density at radius 2 is 1.79 bits per heavy atom. The molecule has 0 fully saturated rings. The molecular weight excluding hydrogens is 255 g/mol. The van der Waals surface area contributed by atoms with Gasteiger partial charge in [-0.2, -0.15) is 0 Å². The van der Waals surface area contributed by atoms with Gasteiger partial charge in [-0.25, -0.2) is 0 Å². The first kappa shape index (κ1) is 12.2. The summed E-state index contributed by atoms with van der Waals surface area (Å²) >= 11 is 3.46. The van der Waals surface area contributed by atoms with Crippen LogP contribution in [0.15, 0.2) is 28.7 Å². The van der Waals surface area contributed by atoms with E-state index in [1.165, 1.54) is 22.6 Å². The lowest BCUT2D eigenvalue weighted by Crippen LogP contribution is -2.16. The van der Waals surface area contributed by atoms with Crippen molar-refractivity contribution in [2.45, 2.75) is 38.8 Å². The first-order chi connectivity index (χ1) is 6.53. The number of rotatable bonds is 4. The molecule has 1 unspecified atom stereocenters. The molecule has 78 valence electrons. The third-order valence-electron chi connectivity index (χ3n) is 2.20. The van der Waals surface area contributed by atoms with Gasteiger partial charge < -0.3 is 0 Å². The van der Waals surface area contributed by atoms with Crippen molar-refractivity contribution < 1.29 is 0 Å². The van der Waals surface area contributed by atoms with Crippen molar-refractivity contribution in [3.63, 3.8) is 0 Å². The highest BCUT2D eigenvalue weighted by molar-refractivity contribution is 9.10. The van der Waals surface area contributed by atoms with E-state index in [0.29, 0.717) is 5.16 Å². The normalized spacial score (nSPS) is 12.6. The second-order valence-corrected chi connectivity index (χ2v) is 7.36. The molecule has 0 saturated carbocycles. The summed E-state index contributed by atoms with van der Waals surface area (Å²) in [5, 5.41) is 1.93. The lowest BCUT2D eigenvalue weighted by atomic mass is 10.1. The van der Waals surface area contributed by atoms with Crippen molar-refractivity contribution in [3.8, 4) is 0 Å². The Morgan fingerprint density at radius 1 is 1.21 bits per heavy atom. The summed E-state index contributed by atoms with van der Waals surface area (Å²) in [5.41, 5.74) is 0. The third-order valence-corrected chi connectivity index (χ3v) is 4.28. The van der Waals surface area contributed by atoms with Gasteiger partial charge in [-0.15, -0.1) is 0 Å². The molecular formula is C12H18BrP. The van der Waals surface area contributed by atoms with Gasteiger partial charge in [0.2, 0.25) is 0 Å². The van der Waals surface area contributed by atoms with E-state index in [0.717, 1.165) is 8.58 Å². The van der Waals surface area contributed by atoms with Crippen LogP contribution in [-0.2, 0) is 0 Å². The van der Waals surface area contributed by atoms with Crippen molar-refractivity contribution in [1.82, 2.24) is 0 Å². The van der Waals surface area contributed by atoms with Gasteiger partial charge in [-0.1, -0.05) is 63.8 Å². The molecule has 0 aliphatic carbocycles. The van der Waals surface area contributed by atoms with E-state index in [-0.39, 0.29) is 0 Å². The topological polar surface area (TPSA) is 0 Å². The van der Waals surface area contributed by atoms with Crippen LogP contribution in [0.1, 0.15) is 33.6 Å². The quantitative estimate of drug-likeness (QED) is 0.716. The smallest absolute Gasteiger partial charge is 0.0175 e. The Kier molecular flexibility index (Phi) is 4.60. The van der Waals surface area contributed by atoms with Crippen LogP contribution in [0.5, 0.6) is 0 Å². The van der Waals surface area contributed by atoms with Crippen LogP contribution in [0.25, 0.3) is 0 Å². The SMILES string of the molecule is CCCC(C)(C)Pc1ccc(Br)cc1. The van der Waals surface area contributed by atoms with E-state index in [4.69, 9.17) is 0 Å². The highest BCUT2D eigenvalue weighted by Crippen LogP contribution is 2.34. The molecule has 0 bridgehead atoms. The lowest BCUT2D eigenvalue weighted by molar-refractivity contribution is 0.623. The summed E-state index contributed by atoms with van der Waals surface area (Å²) in [5.74, 6) is 0. The summed E-state index contributed by atoms with van der Waals surface area (Å²) in [7, 11) is 0.914. The van der Waals surface area contributed by atoms with Crippen molar-refractivity contribution in [2.24, 2.45) is 0 Å². The summed E-state index contributed by atoms with van der Waals surface area (Å²) in [6.07, 6.45) is 2.58. The monoisotopic (exact) mass is 272 g/mol. The van der Waals surface area contributed by atoms with E-state index in [9.17, 15) is 0 Å². The molecule has 0 aliphatic rings.